The molecule has 3 aromatic heterocycles. The van der Waals surface area contributed by atoms with Crippen LogP contribution < -0.4 is 3.27 Å². The number of fused-ring (bicyclic) bond motifs is 8. The van der Waals surface area contributed by atoms with E-state index in [-0.39, 0.29) is 0 Å². The molecule has 4 aromatic rings. The first kappa shape index (κ1) is 30.9. The fraction of sp³-hybridized carbons (Fsp3) is 0.212. The Balaban J connectivity index is 0.000000165. The number of hydrogen-bond acceptors (Lipinski definition) is 7. The van der Waals surface area contributed by atoms with Crippen LogP contribution in [0.3, 0.4) is 0 Å². The summed E-state index contributed by atoms with van der Waals surface area (Å²) in [6.45, 7) is 3.04. The van der Waals surface area contributed by atoms with E-state index in [1.54, 1.807) is 28.4 Å². The molecule has 1 fully saturated rings. The number of aromatic amines is 2. The van der Waals surface area contributed by atoms with Crippen molar-refractivity contribution in [3.05, 3.63) is 102 Å². The third-order valence-corrected chi connectivity index (χ3v) is 17.3. The molecule has 6 heterocycles. The number of benzene rings is 1. The SMILES string of the molecule is C1=Cc2cc3ccc(cc4nc(cc5ccc(cc1n2)[nH]5)C=C4)[nH]3.CC1CO1.C[O][Zr]([O]C)([O]C)([O]C)[c]1ccccc1. The van der Waals surface area contributed by atoms with Crippen molar-refractivity contribution in [1.82, 2.24) is 19.9 Å². The molecule has 0 radical (unpaired) electrons. The van der Waals surface area contributed by atoms with Gasteiger partial charge in [0.15, 0.2) is 0 Å². The standard InChI is InChI=1S/C20H14N4.C6H5.C3H6O.4CH3O.Zr/c1-2-14-10-16-5-6-18(23-16)12-20-8-7-19(24-20)11-17-4-3-15(22-17)9-13(1)21-14;1-2-4-6-5-3-1;1-3-2-4-3;4*1-2;/h1-12,21,24H;1-5H;3H,2H2,1H3;4*1H3;/q;;;4*-1;+4. The van der Waals surface area contributed by atoms with E-state index in [0.717, 1.165) is 54.7 Å². The van der Waals surface area contributed by atoms with Crippen LogP contribution in [0.15, 0.2) is 78.9 Å². The van der Waals surface area contributed by atoms with Crippen LogP contribution in [0.4, 0.5) is 0 Å². The molecular weight excluding hydrogens is 624 g/mol. The zero-order valence-electron chi connectivity index (χ0n) is 25.0. The second-order valence-corrected chi connectivity index (χ2v) is 20.0. The molecule has 3 aliphatic rings. The molecule has 3 aliphatic heterocycles. The molecule has 0 amide bonds. The maximum absolute atomic E-state index is 5.50. The van der Waals surface area contributed by atoms with Crippen LogP contribution in [0.1, 0.15) is 29.7 Å². The quantitative estimate of drug-likeness (QED) is 0.209. The molecule has 1 aromatic carbocycles. The summed E-state index contributed by atoms with van der Waals surface area (Å²) in [5.41, 5.74) is 7.86. The maximum atomic E-state index is 5.50. The fourth-order valence-electron chi connectivity index (χ4n) is 4.72. The Morgan fingerprint density at radius 2 is 0.930 bits per heavy atom. The van der Waals surface area contributed by atoms with Crippen LogP contribution in [0.25, 0.3) is 46.4 Å². The van der Waals surface area contributed by atoms with Crippen LogP contribution in [0.2, 0.25) is 0 Å². The molecule has 43 heavy (non-hydrogen) atoms. The zero-order valence-corrected chi connectivity index (χ0v) is 27.5. The molecule has 0 spiro atoms. The Kier molecular flexibility index (Phi) is 9.66. The van der Waals surface area contributed by atoms with E-state index in [1.807, 2.05) is 78.9 Å². The molecule has 8 bridgehead atoms. The van der Waals surface area contributed by atoms with Gasteiger partial charge in [0.05, 0.1) is 35.5 Å². The summed E-state index contributed by atoms with van der Waals surface area (Å²) in [6, 6.07) is 25.9. The summed E-state index contributed by atoms with van der Waals surface area (Å²) < 4.78 is 27.6. The fourth-order valence-corrected chi connectivity index (χ4v) is 11.3. The first-order chi connectivity index (χ1) is 20.9. The predicted octanol–water partition coefficient (Wildman–Crippen LogP) is 6.31. The molecule has 1 saturated heterocycles. The van der Waals surface area contributed by atoms with Crippen LogP contribution in [-0.4, -0.2) is 61.1 Å². The molecule has 2 N–H and O–H groups in total. The average Bonchev–Trinajstić information content (AvgIpc) is 3.47. The van der Waals surface area contributed by atoms with Crippen LogP contribution in [-0.2, 0) is 36.5 Å². The first-order valence-corrected chi connectivity index (χ1v) is 19.2. The van der Waals surface area contributed by atoms with Crippen LogP contribution in [0.5, 0.6) is 0 Å². The first-order valence-electron chi connectivity index (χ1n) is 14.0. The Labute approximate surface area is 254 Å². The van der Waals surface area contributed by atoms with Gasteiger partial charge in [-0.25, -0.2) is 9.97 Å². The summed E-state index contributed by atoms with van der Waals surface area (Å²) >= 11 is -4.57. The molecule has 223 valence electrons. The number of H-pyrrole nitrogens is 2. The van der Waals surface area contributed by atoms with Crippen molar-refractivity contribution in [1.29, 1.82) is 0 Å². The topological polar surface area (TPSA) is 107 Å². The van der Waals surface area contributed by atoms with Gasteiger partial charge in [-0.05, 0) is 79.8 Å². The summed E-state index contributed by atoms with van der Waals surface area (Å²) in [7, 11) is 6.20. The number of aromatic nitrogens is 4. The summed E-state index contributed by atoms with van der Waals surface area (Å²) in [5.74, 6) is 0. The molecule has 1 atom stereocenters. The second-order valence-electron chi connectivity index (χ2n) is 10.1. The van der Waals surface area contributed by atoms with Gasteiger partial charge in [0.25, 0.3) is 0 Å². The van der Waals surface area contributed by atoms with E-state index in [9.17, 15) is 0 Å². The van der Waals surface area contributed by atoms with Gasteiger partial charge < -0.3 is 14.7 Å². The Morgan fingerprint density at radius 1 is 0.605 bits per heavy atom. The van der Waals surface area contributed by atoms with Gasteiger partial charge in [0.2, 0.25) is 0 Å². The Bertz CT molecular complexity index is 1570. The van der Waals surface area contributed by atoms with E-state index in [2.05, 4.69) is 51.1 Å². The Hall–Kier alpha value is -3.50. The van der Waals surface area contributed by atoms with Crippen molar-refractivity contribution >= 4 is 49.6 Å². The molecule has 0 aliphatic carbocycles. The third-order valence-electron chi connectivity index (χ3n) is 7.20. The number of nitrogens with one attached hydrogen (secondary N) is 2. The molecule has 10 heteroatoms. The number of epoxide rings is 1. The van der Waals surface area contributed by atoms with E-state index in [0.29, 0.717) is 6.10 Å². The van der Waals surface area contributed by atoms with Gasteiger partial charge in [0, 0.05) is 22.1 Å². The van der Waals surface area contributed by atoms with E-state index in [4.69, 9.17) is 16.0 Å². The van der Waals surface area contributed by atoms with Crippen molar-refractivity contribution in [2.45, 2.75) is 13.0 Å². The molecule has 1 unspecified atom stereocenters. The minimum atomic E-state index is -4.57. The van der Waals surface area contributed by atoms with E-state index in [1.165, 1.54) is 0 Å². The normalized spacial score (nSPS) is 15.8. The second kappa shape index (κ2) is 13.4. The van der Waals surface area contributed by atoms with Crippen LogP contribution >= 0.6 is 0 Å². The minimum absolute atomic E-state index is 0.583. The summed E-state index contributed by atoms with van der Waals surface area (Å²) in [4.78, 5) is 16.0. The van der Waals surface area contributed by atoms with Gasteiger partial charge in [0.1, 0.15) is 0 Å². The molecule has 7 rings (SSSR count). The predicted molar refractivity (Wildman–Crippen MR) is 168 cm³/mol. The number of nitrogens with zero attached hydrogens (tertiary/aromatic N) is 2. The van der Waals surface area contributed by atoms with E-state index < -0.39 is 20.5 Å². The van der Waals surface area contributed by atoms with Gasteiger partial charge in [-0.2, -0.15) is 0 Å². The third kappa shape index (κ3) is 7.36. The van der Waals surface area contributed by atoms with Gasteiger partial charge in [-0.15, -0.1) is 0 Å². The van der Waals surface area contributed by atoms with E-state index >= 15 is 0 Å². The number of rotatable bonds is 5. The molecular formula is C33H37N4O5Zr. The van der Waals surface area contributed by atoms with Crippen molar-refractivity contribution in [3.63, 3.8) is 0 Å². The summed E-state index contributed by atoms with van der Waals surface area (Å²) in [5, 5.41) is 0. The van der Waals surface area contributed by atoms with Crippen molar-refractivity contribution in [3.8, 4) is 0 Å². The number of ether oxygens (including phenoxy) is 1. The van der Waals surface area contributed by atoms with Crippen LogP contribution in [0, 0.1) is 0 Å². The average molecular weight is 661 g/mol. The summed E-state index contributed by atoms with van der Waals surface area (Å²) in [6.07, 6.45) is 8.67. The monoisotopic (exact) mass is 659 g/mol. The van der Waals surface area contributed by atoms with Crippen molar-refractivity contribution in [2.24, 2.45) is 0 Å². The van der Waals surface area contributed by atoms with Crippen molar-refractivity contribution < 1.29 is 36.5 Å². The van der Waals surface area contributed by atoms with Gasteiger partial charge in [-0.1, -0.05) is 0 Å². The molecule has 9 nitrogen and oxygen atoms in total. The van der Waals surface area contributed by atoms with Gasteiger partial charge in [-0.3, -0.25) is 0 Å². The van der Waals surface area contributed by atoms with Gasteiger partial charge >= 0.3 is 93.8 Å². The Morgan fingerprint density at radius 3 is 1.21 bits per heavy atom. The zero-order chi connectivity index (χ0) is 30.3. The number of hydrogen-bond donors (Lipinski definition) is 2. The van der Waals surface area contributed by atoms with Crippen molar-refractivity contribution in [2.75, 3.05) is 35.0 Å². The molecule has 0 saturated carbocycles.